The lowest BCUT2D eigenvalue weighted by atomic mass is 9.72. The number of thiophene rings is 1. The van der Waals surface area contributed by atoms with Gasteiger partial charge in [-0.2, -0.15) is 0 Å². The fraction of sp³-hybridized carbons (Fsp3) is 0.545. The van der Waals surface area contributed by atoms with Crippen molar-refractivity contribution >= 4 is 49.1 Å². The van der Waals surface area contributed by atoms with Gasteiger partial charge < -0.3 is 15.8 Å². The zero-order valence-corrected chi connectivity index (χ0v) is 13.3. The number of fused-ring (bicyclic) bond motifs is 1. The summed E-state index contributed by atoms with van der Waals surface area (Å²) in [7, 11) is 0. The molecule has 1 aromatic rings. The molecule has 0 aromatic carbocycles. The minimum absolute atomic E-state index is 0.0160. The molecule has 0 spiro atoms. The lowest BCUT2D eigenvalue weighted by Gasteiger charge is -2.45. The van der Waals surface area contributed by atoms with E-state index in [1.54, 1.807) is 6.07 Å². The van der Waals surface area contributed by atoms with E-state index in [1.165, 1.54) is 11.3 Å². The molecule has 3 N–H and O–H groups in total. The molecule has 4 nitrogen and oxygen atoms in total. The standard InChI is InChI=1S/C11H12Br2N2O2S/c12-6-3-5(10(13)18-6)11(16)15-8-7(14)4-1-2-17-9(4)8/h3-4,7-9H,1-2,14H2,(H,15,16). The number of halogens is 2. The molecule has 2 aliphatic rings. The Bertz CT molecular complexity index is 493. The average Bonchev–Trinajstić information content (AvgIpc) is 2.89. The topological polar surface area (TPSA) is 64.3 Å². The zero-order chi connectivity index (χ0) is 12.9. The largest absolute Gasteiger partial charge is 0.376 e. The molecule has 3 rings (SSSR count). The summed E-state index contributed by atoms with van der Waals surface area (Å²) in [6.07, 6.45) is 1.11. The van der Waals surface area contributed by atoms with E-state index in [2.05, 4.69) is 37.2 Å². The minimum atomic E-state index is -0.0989. The molecule has 1 saturated carbocycles. The summed E-state index contributed by atoms with van der Waals surface area (Å²) in [6, 6.07) is 1.76. The second-order valence-corrected chi connectivity index (χ2v) is 8.35. The molecule has 1 aliphatic carbocycles. The van der Waals surface area contributed by atoms with E-state index in [0.717, 1.165) is 20.6 Å². The van der Waals surface area contributed by atoms with Crippen molar-refractivity contribution in [1.82, 2.24) is 5.32 Å². The van der Waals surface area contributed by atoms with Gasteiger partial charge in [-0.15, -0.1) is 11.3 Å². The molecule has 1 saturated heterocycles. The van der Waals surface area contributed by atoms with Crippen molar-refractivity contribution in [3.05, 3.63) is 19.2 Å². The Labute approximate surface area is 126 Å². The van der Waals surface area contributed by atoms with E-state index in [-0.39, 0.29) is 24.1 Å². The van der Waals surface area contributed by atoms with Gasteiger partial charge in [0.25, 0.3) is 5.91 Å². The van der Waals surface area contributed by atoms with E-state index in [0.29, 0.717) is 11.5 Å². The Morgan fingerprint density at radius 1 is 1.56 bits per heavy atom. The molecule has 7 heteroatoms. The number of hydrogen-bond donors (Lipinski definition) is 2. The summed E-state index contributed by atoms with van der Waals surface area (Å²) in [5, 5.41) is 2.97. The second-order valence-electron chi connectivity index (χ2n) is 4.60. The molecule has 0 radical (unpaired) electrons. The number of carbonyl (C=O) groups is 1. The highest BCUT2D eigenvalue weighted by atomic mass is 79.9. The van der Waals surface area contributed by atoms with Crippen LogP contribution in [0.3, 0.4) is 0 Å². The fourth-order valence-electron chi connectivity index (χ4n) is 2.65. The molecule has 1 amide bonds. The van der Waals surface area contributed by atoms with Crippen molar-refractivity contribution in [3.63, 3.8) is 0 Å². The van der Waals surface area contributed by atoms with Gasteiger partial charge in [0.2, 0.25) is 0 Å². The van der Waals surface area contributed by atoms with Crippen LogP contribution < -0.4 is 11.1 Å². The number of ether oxygens (including phenoxy) is 1. The van der Waals surface area contributed by atoms with Crippen LogP contribution in [0.25, 0.3) is 0 Å². The zero-order valence-electron chi connectivity index (χ0n) is 9.36. The van der Waals surface area contributed by atoms with Gasteiger partial charge in [0.1, 0.15) is 0 Å². The molecule has 2 fully saturated rings. The third-order valence-corrected chi connectivity index (χ3v) is 5.98. The number of carbonyl (C=O) groups excluding carboxylic acids is 1. The Balaban J connectivity index is 1.70. The van der Waals surface area contributed by atoms with E-state index in [4.69, 9.17) is 10.5 Å². The van der Waals surface area contributed by atoms with Crippen LogP contribution >= 0.6 is 43.2 Å². The number of hydrogen-bond acceptors (Lipinski definition) is 4. The molecule has 1 aromatic heterocycles. The first-order chi connectivity index (χ1) is 8.58. The first-order valence-electron chi connectivity index (χ1n) is 5.71. The maximum Gasteiger partial charge on any atom is 0.253 e. The molecule has 98 valence electrons. The summed E-state index contributed by atoms with van der Waals surface area (Å²) in [5.74, 6) is 0.311. The normalized spacial score (nSPS) is 33.9. The summed E-state index contributed by atoms with van der Waals surface area (Å²) < 4.78 is 7.34. The van der Waals surface area contributed by atoms with Crippen molar-refractivity contribution in [1.29, 1.82) is 0 Å². The fourth-order valence-corrected chi connectivity index (χ4v) is 5.45. The number of rotatable bonds is 2. The van der Waals surface area contributed by atoms with E-state index in [1.807, 2.05) is 0 Å². The van der Waals surface area contributed by atoms with Gasteiger partial charge in [-0.05, 0) is 44.3 Å². The summed E-state index contributed by atoms with van der Waals surface area (Å²) in [4.78, 5) is 12.1. The summed E-state index contributed by atoms with van der Waals surface area (Å²) >= 11 is 8.23. The van der Waals surface area contributed by atoms with Gasteiger partial charge >= 0.3 is 0 Å². The summed E-state index contributed by atoms with van der Waals surface area (Å²) in [6.45, 7) is 0.753. The molecule has 0 bridgehead atoms. The lowest BCUT2D eigenvalue weighted by Crippen LogP contribution is -2.68. The first-order valence-corrected chi connectivity index (χ1v) is 8.11. The van der Waals surface area contributed by atoms with Crippen LogP contribution in [-0.2, 0) is 4.74 Å². The predicted molar refractivity (Wildman–Crippen MR) is 76.8 cm³/mol. The highest BCUT2D eigenvalue weighted by Gasteiger charge is 2.52. The van der Waals surface area contributed by atoms with Crippen molar-refractivity contribution in [2.24, 2.45) is 11.7 Å². The van der Waals surface area contributed by atoms with Crippen LogP contribution in [0.4, 0.5) is 0 Å². The maximum atomic E-state index is 12.1. The highest BCUT2D eigenvalue weighted by Crippen LogP contribution is 2.38. The lowest BCUT2D eigenvalue weighted by molar-refractivity contribution is -0.0161. The van der Waals surface area contributed by atoms with E-state index >= 15 is 0 Å². The third kappa shape index (κ3) is 2.06. The van der Waals surface area contributed by atoms with Gasteiger partial charge in [-0.1, -0.05) is 0 Å². The second kappa shape index (κ2) is 4.86. The van der Waals surface area contributed by atoms with Gasteiger partial charge in [0, 0.05) is 18.6 Å². The van der Waals surface area contributed by atoms with Crippen LogP contribution in [-0.4, -0.2) is 30.7 Å². The van der Waals surface area contributed by atoms with Crippen LogP contribution in [0, 0.1) is 5.92 Å². The molecular formula is C11H12Br2N2O2S. The minimum Gasteiger partial charge on any atom is -0.376 e. The van der Waals surface area contributed by atoms with Crippen LogP contribution in [0.15, 0.2) is 13.6 Å². The molecule has 1 aliphatic heterocycles. The van der Waals surface area contributed by atoms with Gasteiger partial charge in [0.05, 0.1) is 25.3 Å². The van der Waals surface area contributed by atoms with Crippen LogP contribution in [0.2, 0.25) is 0 Å². The quantitative estimate of drug-likeness (QED) is 0.805. The smallest absolute Gasteiger partial charge is 0.253 e. The average molecular weight is 396 g/mol. The van der Waals surface area contributed by atoms with Gasteiger partial charge in [0.15, 0.2) is 0 Å². The van der Waals surface area contributed by atoms with Crippen molar-refractivity contribution < 1.29 is 9.53 Å². The molecule has 18 heavy (non-hydrogen) atoms. The van der Waals surface area contributed by atoms with Crippen molar-refractivity contribution in [2.75, 3.05) is 6.61 Å². The SMILES string of the molecule is NC1C2CCOC2C1NC(=O)c1cc(Br)sc1Br. The number of nitrogens with two attached hydrogens (primary N) is 1. The molecule has 4 unspecified atom stereocenters. The Hall–Kier alpha value is 0.0500. The predicted octanol–water partition coefficient (Wildman–Crippen LogP) is 2.12. The summed E-state index contributed by atoms with van der Waals surface area (Å²) in [5.41, 5.74) is 6.70. The molecular weight excluding hydrogens is 384 g/mol. The van der Waals surface area contributed by atoms with Crippen LogP contribution in [0.5, 0.6) is 0 Å². The number of amides is 1. The van der Waals surface area contributed by atoms with E-state index in [9.17, 15) is 4.79 Å². The van der Waals surface area contributed by atoms with Crippen molar-refractivity contribution in [3.8, 4) is 0 Å². The Morgan fingerprint density at radius 3 is 3.00 bits per heavy atom. The monoisotopic (exact) mass is 394 g/mol. The van der Waals surface area contributed by atoms with Crippen LogP contribution in [0.1, 0.15) is 16.8 Å². The number of nitrogens with one attached hydrogen (secondary N) is 1. The molecule has 4 atom stereocenters. The van der Waals surface area contributed by atoms with E-state index < -0.39 is 0 Å². The van der Waals surface area contributed by atoms with Gasteiger partial charge in [-0.25, -0.2) is 0 Å². The Morgan fingerprint density at radius 2 is 2.33 bits per heavy atom. The van der Waals surface area contributed by atoms with Gasteiger partial charge in [-0.3, -0.25) is 4.79 Å². The van der Waals surface area contributed by atoms with Crippen molar-refractivity contribution in [2.45, 2.75) is 24.6 Å². The Kier molecular flexibility index (Phi) is 3.53. The maximum absolute atomic E-state index is 12.1. The highest BCUT2D eigenvalue weighted by molar-refractivity contribution is 9.12. The third-order valence-electron chi connectivity index (χ3n) is 3.65. The first kappa shape index (κ1) is 13.1. The molecule has 2 heterocycles.